The standard InChI is InChI=1S/C5H9NO2/c1-5(2-3-5)8-4(6)7/h2-3H2,1H3,(H2,6,7). The minimum atomic E-state index is -0.662. The molecule has 1 saturated carbocycles. The molecule has 3 nitrogen and oxygen atoms in total. The maximum atomic E-state index is 10.1. The van der Waals surface area contributed by atoms with Crippen LogP contribution in [0.5, 0.6) is 0 Å². The van der Waals surface area contributed by atoms with E-state index in [9.17, 15) is 4.79 Å². The summed E-state index contributed by atoms with van der Waals surface area (Å²) in [5.74, 6) is 0. The molecule has 1 rings (SSSR count). The molecule has 1 fully saturated rings. The Morgan fingerprint density at radius 2 is 2.25 bits per heavy atom. The fourth-order valence-electron chi connectivity index (χ4n) is 0.521. The number of nitrogens with two attached hydrogens (primary N) is 1. The van der Waals surface area contributed by atoms with Crippen molar-refractivity contribution in [2.45, 2.75) is 25.4 Å². The van der Waals surface area contributed by atoms with Crippen LogP contribution in [-0.4, -0.2) is 11.7 Å². The van der Waals surface area contributed by atoms with Gasteiger partial charge in [-0.15, -0.1) is 0 Å². The second-order valence-corrected chi connectivity index (χ2v) is 2.37. The van der Waals surface area contributed by atoms with Gasteiger partial charge in [0.2, 0.25) is 0 Å². The lowest BCUT2D eigenvalue weighted by molar-refractivity contribution is 0.102. The third kappa shape index (κ3) is 1.12. The average molecular weight is 115 g/mol. The van der Waals surface area contributed by atoms with Gasteiger partial charge in [-0.05, 0) is 19.8 Å². The van der Waals surface area contributed by atoms with Gasteiger partial charge in [0.1, 0.15) is 5.60 Å². The number of amides is 1. The number of carbonyl (C=O) groups excluding carboxylic acids is 1. The zero-order chi connectivity index (χ0) is 6.20. The van der Waals surface area contributed by atoms with Gasteiger partial charge >= 0.3 is 6.09 Å². The molecule has 0 unspecified atom stereocenters. The first-order valence-electron chi connectivity index (χ1n) is 2.61. The fraction of sp³-hybridized carbons (Fsp3) is 0.800. The van der Waals surface area contributed by atoms with E-state index in [0.29, 0.717) is 0 Å². The zero-order valence-electron chi connectivity index (χ0n) is 4.81. The van der Waals surface area contributed by atoms with Crippen molar-refractivity contribution in [1.29, 1.82) is 0 Å². The van der Waals surface area contributed by atoms with Crippen molar-refractivity contribution in [2.75, 3.05) is 0 Å². The van der Waals surface area contributed by atoms with Crippen molar-refractivity contribution < 1.29 is 9.53 Å². The Morgan fingerprint density at radius 1 is 1.75 bits per heavy atom. The summed E-state index contributed by atoms with van der Waals surface area (Å²) >= 11 is 0. The summed E-state index contributed by atoms with van der Waals surface area (Å²) in [4.78, 5) is 10.1. The van der Waals surface area contributed by atoms with Gasteiger partial charge in [0, 0.05) is 0 Å². The number of hydrogen-bond donors (Lipinski definition) is 1. The van der Waals surface area contributed by atoms with Gasteiger partial charge in [0.05, 0.1) is 0 Å². The van der Waals surface area contributed by atoms with Gasteiger partial charge in [-0.25, -0.2) is 4.79 Å². The molecule has 0 bridgehead atoms. The van der Waals surface area contributed by atoms with Gasteiger partial charge in [0.25, 0.3) is 0 Å². The van der Waals surface area contributed by atoms with Gasteiger partial charge in [-0.3, -0.25) is 0 Å². The van der Waals surface area contributed by atoms with E-state index in [1.165, 1.54) is 0 Å². The Bertz CT molecular complexity index is 118. The van der Waals surface area contributed by atoms with Crippen molar-refractivity contribution in [3.05, 3.63) is 0 Å². The van der Waals surface area contributed by atoms with E-state index < -0.39 is 6.09 Å². The third-order valence-corrected chi connectivity index (χ3v) is 1.30. The molecule has 0 heterocycles. The lowest BCUT2D eigenvalue weighted by Gasteiger charge is -2.05. The first-order chi connectivity index (χ1) is 3.62. The SMILES string of the molecule is CC1(OC(N)=O)CC1. The summed E-state index contributed by atoms with van der Waals surface area (Å²) in [6.07, 6.45) is 1.25. The lowest BCUT2D eigenvalue weighted by Crippen LogP contribution is -2.20. The van der Waals surface area contributed by atoms with E-state index in [2.05, 4.69) is 4.74 Å². The second kappa shape index (κ2) is 1.37. The highest BCUT2D eigenvalue weighted by Gasteiger charge is 2.41. The van der Waals surface area contributed by atoms with Crippen molar-refractivity contribution in [1.82, 2.24) is 0 Å². The number of ether oxygens (including phenoxy) is 1. The Kier molecular flexibility index (Phi) is 0.927. The van der Waals surface area contributed by atoms with Crippen LogP contribution in [-0.2, 0) is 4.74 Å². The smallest absolute Gasteiger partial charge is 0.405 e. The minimum absolute atomic E-state index is 0.203. The summed E-state index contributed by atoms with van der Waals surface area (Å²) in [5, 5.41) is 0. The maximum Gasteiger partial charge on any atom is 0.405 e. The molecule has 0 radical (unpaired) electrons. The molecule has 0 aromatic heterocycles. The highest BCUT2D eigenvalue weighted by molar-refractivity contribution is 5.65. The minimum Gasteiger partial charge on any atom is -0.443 e. The second-order valence-electron chi connectivity index (χ2n) is 2.37. The molecule has 8 heavy (non-hydrogen) atoms. The van der Waals surface area contributed by atoms with Crippen LogP contribution in [0.1, 0.15) is 19.8 Å². The molecule has 2 N–H and O–H groups in total. The van der Waals surface area contributed by atoms with Gasteiger partial charge < -0.3 is 10.5 Å². The third-order valence-electron chi connectivity index (χ3n) is 1.30. The molecule has 0 atom stereocenters. The monoisotopic (exact) mass is 115 g/mol. The molecule has 0 spiro atoms. The van der Waals surface area contributed by atoms with Crippen molar-refractivity contribution in [3.63, 3.8) is 0 Å². The van der Waals surface area contributed by atoms with Gasteiger partial charge in [0.15, 0.2) is 0 Å². The molecule has 3 heteroatoms. The van der Waals surface area contributed by atoms with Crippen LogP contribution in [0.2, 0.25) is 0 Å². The Balaban J connectivity index is 2.29. The lowest BCUT2D eigenvalue weighted by atomic mass is 10.4. The molecule has 1 aliphatic rings. The van der Waals surface area contributed by atoms with Crippen molar-refractivity contribution >= 4 is 6.09 Å². The number of rotatable bonds is 1. The van der Waals surface area contributed by atoms with E-state index in [-0.39, 0.29) is 5.60 Å². The summed E-state index contributed by atoms with van der Waals surface area (Å²) in [5.41, 5.74) is 4.55. The van der Waals surface area contributed by atoms with Crippen molar-refractivity contribution in [3.8, 4) is 0 Å². The molecule has 0 aromatic rings. The topological polar surface area (TPSA) is 52.3 Å². The Morgan fingerprint density at radius 3 is 2.38 bits per heavy atom. The number of primary amides is 1. The van der Waals surface area contributed by atoms with Gasteiger partial charge in [-0.1, -0.05) is 0 Å². The first kappa shape index (κ1) is 5.41. The van der Waals surface area contributed by atoms with Crippen LogP contribution in [0.4, 0.5) is 4.79 Å². The molecule has 0 aliphatic heterocycles. The largest absolute Gasteiger partial charge is 0.443 e. The average Bonchev–Trinajstić information content (AvgIpc) is 2.17. The van der Waals surface area contributed by atoms with E-state index in [4.69, 9.17) is 5.73 Å². The molecule has 46 valence electrons. The highest BCUT2D eigenvalue weighted by Crippen LogP contribution is 2.38. The van der Waals surface area contributed by atoms with Crippen LogP contribution >= 0.6 is 0 Å². The maximum absolute atomic E-state index is 10.1. The quantitative estimate of drug-likeness (QED) is 0.545. The Hall–Kier alpha value is -0.730. The fourth-order valence-corrected chi connectivity index (χ4v) is 0.521. The highest BCUT2D eigenvalue weighted by atomic mass is 16.6. The van der Waals surface area contributed by atoms with Crippen LogP contribution in [0.3, 0.4) is 0 Å². The van der Waals surface area contributed by atoms with E-state index in [1.807, 2.05) is 6.92 Å². The van der Waals surface area contributed by atoms with E-state index >= 15 is 0 Å². The van der Waals surface area contributed by atoms with Gasteiger partial charge in [-0.2, -0.15) is 0 Å². The molecule has 0 saturated heterocycles. The summed E-state index contributed by atoms with van der Waals surface area (Å²) < 4.78 is 4.69. The van der Waals surface area contributed by atoms with E-state index in [1.54, 1.807) is 0 Å². The van der Waals surface area contributed by atoms with Crippen LogP contribution < -0.4 is 5.73 Å². The van der Waals surface area contributed by atoms with Crippen molar-refractivity contribution in [2.24, 2.45) is 5.73 Å². The number of carbonyl (C=O) groups is 1. The number of hydrogen-bond acceptors (Lipinski definition) is 2. The molecule has 0 aromatic carbocycles. The van der Waals surface area contributed by atoms with Crippen LogP contribution in [0.25, 0.3) is 0 Å². The first-order valence-corrected chi connectivity index (χ1v) is 2.61. The zero-order valence-corrected chi connectivity index (χ0v) is 4.81. The molecule has 1 amide bonds. The molecular weight excluding hydrogens is 106 g/mol. The predicted molar refractivity (Wildman–Crippen MR) is 28.3 cm³/mol. The molecule has 1 aliphatic carbocycles. The normalized spacial score (nSPS) is 22.1. The predicted octanol–water partition coefficient (Wildman–Crippen LogP) is 0.634. The summed E-state index contributed by atoms with van der Waals surface area (Å²) in [6, 6.07) is 0. The molecular formula is C5H9NO2. The summed E-state index contributed by atoms with van der Waals surface area (Å²) in [7, 11) is 0. The summed E-state index contributed by atoms with van der Waals surface area (Å²) in [6.45, 7) is 1.87. The Labute approximate surface area is 47.8 Å². The van der Waals surface area contributed by atoms with Crippen LogP contribution in [0.15, 0.2) is 0 Å². The van der Waals surface area contributed by atoms with E-state index in [0.717, 1.165) is 12.8 Å². The van der Waals surface area contributed by atoms with Crippen LogP contribution in [0, 0.1) is 0 Å².